The molecule has 0 amide bonds. The van der Waals surface area contributed by atoms with Crippen LogP contribution in [0.3, 0.4) is 0 Å². The van der Waals surface area contributed by atoms with Gasteiger partial charge in [-0.25, -0.2) is 13.4 Å². The second-order valence-corrected chi connectivity index (χ2v) is 11.6. The fourth-order valence-corrected chi connectivity index (χ4v) is 7.56. The van der Waals surface area contributed by atoms with Gasteiger partial charge in [-0.1, -0.05) is 42.5 Å². The molecule has 3 aliphatic rings. The zero-order chi connectivity index (χ0) is 25.0. The molecule has 5 atom stereocenters. The van der Waals surface area contributed by atoms with E-state index in [2.05, 4.69) is 21.4 Å². The zero-order valence-corrected chi connectivity index (χ0v) is 20.6. The number of nitrogens with zero attached hydrogens (tertiary/aromatic N) is 3. The van der Waals surface area contributed by atoms with Crippen molar-refractivity contribution in [1.29, 1.82) is 0 Å². The number of hydrogen-bond acceptors (Lipinski definition) is 7. The minimum absolute atomic E-state index is 0.00273. The predicted octanol–water partition coefficient (Wildman–Crippen LogP) is 4.13. The number of aliphatic hydroxyl groups excluding tert-OH is 1. The second kappa shape index (κ2) is 8.65. The highest BCUT2D eigenvalue weighted by Gasteiger charge is 2.43. The molecule has 3 N–H and O–H groups in total. The molecule has 7 nitrogen and oxygen atoms in total. The Morgan fingerprint density at radius 1 is 1.14 bits per heavy atom. The van der Waals surface area contributed by atoms with Gasteiger partial charge in [-0.2, -0.15) is 0 Å². The van der Waals surface area contributed by atoms with Crippen molar-refractivity contribution in [2.45, 2.75) is 34.9 Å². The van der Waals surface area contributed by atoms with Crippen LogP contribution in [0.25, 0.3) is 21.8 Å². The molecule has 3 saturated heterocycles. The van der Waals surface area contributed by atoms with Gasteiger partial charge in [0.1, 0.15) is 0 Å². The Labute approximate surface area is 210 Å². The largest absolute Gasteiger partial charge is 0.396 e. The predicted molar refractivity (Wildman–Crippen MR) is 140 cm³/mol. The van der Waals surface area contributed by atoms with Crippen molar-refractivity contribution in [2.24, 2.45) is 11.8 Å². The second-order valence-electron chi connectivity index (χ2n) is 9.79. The van der Waals surface area contributed by atoms with E-state index >= 15 is 0 Å². The van der Waals surface area contributed by atoms with Crippen molar-refractivity contribution in [1.82, 2.24) is 14.9 Å². The third-order valence-electron chi connectivity index (χ3n) is 7.89. The summed E-state index contributed by atoms with van der Waals surface area (Å²) in [5, 5.41) is 12.9. The van der Waals surface area contributed by atoms with Crippen LogP contribution in [0.4, 0.5) is 5.69 Å². The molecule has 0 radical (unpaired) electrons. The topological polar surface area (TPSA) is 109 Å². The molecular formula is C28H28N4O3S. The SMILES string of the molecule is C=C[C@@H]1CN2CC[C@H]1C[C@H]2[C@H](O)c1c(N)c(S(=O)(=O)c2cccc3cccnc23)nc2ccccc12. The first-order valence-electron chi connectivity index (χ1n) is 12.2. The van der Waals surface area contributed by atoms with Crippen molar-refractivity contribution in [3.8, 4) is 0 Å². The Morgan fingerprint density at radius 3 is 2.72 bits per heavy atom. The summed E-state index contributed by atoms with van der Waals surface area (Å²) in [6.07, 6.45) is 4.50. The summed E-state index contributed by atoms with van der Waals surface area (Å²) in [4.78, 5) is 11.2. The van der Waals surface area contributed by atoms with Gasteiger partial charge in [0.2, 0.25) is 9.84 Å². The maximum atomic E-state index is 14.0. The van der Waals surface area contributed by atoms with Crippen LogP contribution in [0, 0.1) is 11.8 Å². The number of nitrogens with two attached hydrogens (primary N) is 1. The Kier molecular flexibility index (Phi) is 5.55. The third kappa shape index (κ3) is 3.51. The first-order valence-corrected chi connectivity index (χ1v) is 13.7. The Bertz CT molecular complexity index is 1600. The van der Waals surface area contributed by atoms with Gasteiger partial charge in [-0.15, -0.1) is 6.58 Å². The quantitative estimate of drug-likeness (QED) is 0.397. The molecule has 184 valence electrons. The number of fused-ring (bicyclic) bond motifs is 5. The Hall–Kier alpha value is -3.33. The standard InChI is InChI=1S/C28H28N4O3S/c1-2-17-16-32-14-12-19(17)15-22(32)27(33)24-20-9-3-4-10-21(20)31-28(25(24)29)36(34,35)23-11-5-7-18-8-6-13-30-26(18)23/h2-11,13,17,19,22,27,33H,1,12,14-16,29H2/t17-,19+,22+,27+/m1/s1. The average Bonchev–Trinajstić information content (AvgIpc) is 2.92. The number of piperidine rings is 3. The van der Waals surface area contributed by atoms with Gasteiger partial charge in [-0.3, -0.25) is 9.88 Å². The molecule has 5 heterocycles. The Balaban J connectivity index is 1.52. The molecule has 1 unspecified atom stereocenters. The highest BCUT2D eigenvalue weighted by atomic mass is 32.2. The van der Waals surface area contributed by atoms with E-state index in [-0.39, 0.29) is 21.7 Å². The van der Waals surface area contributed by atoms with E-state index in [0.717, 1.165) is 25.9 Å². The molecule has 3 aliphatic heterocycles. The van der Waals surface area contributed by atoms with Gasteiger partial charge < -0.3 is 10.8 Å². The van der Waals surface area contributed by atoms with E-state index < -0.39 is 15.9 Å². The van der Waals surface area contributed by atoms with Crippen LogP contribution in [0.5, 0.6) is 0 Å². The molecule has 7 rings (SSSR count). The molecule has 8 heteroatoms. The molecule has 0 spiro atoms. The Morgan fingerprint density at radius 2 is 1.94 bits per heavy atom. The van der Waals surface area contributed by atoms with Crippen molar-refractivity contribution >= 4 is 37.3 Å². The van der Waals surface area contributed by atoms with E-state index in [1.807, 2.05) is 30.3 Å². The summed E-state index contributed by atoms with van der Waals surface area (Å²) in [5.74, 6) is 0.856. The number of para-hydroxylation sites is 2. The molecule has 0 saturated carbocycles. The lowest BCUT2D eigenvalue weighted by Crippen LogP contribution is -2.55. The van der Waals surface area contributed by atoms with Crippen LogP contribution >= 0.6 is 0 Å². The number of benzene rings is 2. The molecule has 3 fully saturated rings. The van der Waals surface area contributed by atoms with Crippen molar-refractivity contribution in [2.75, 3.05) is 18.8 Å². The van der Waals surface area contributed by atoms with Crippen LogP contribution in [-0.2, 0) is 9.84 Å². The van der Waals surface area contributed by atoms with Crippen molar-refractivity contribution in [3.63, 3.8) is 0 Å². The molecule has 2 bridgehead atoms. The highest BCUT2D eigenvalue weighted by molar-refractivity contribution is 7.91. The molecule has 36 heavy (non-hydrogen) atoms. The fourth-order valence-electron chi connectivity index (χ4n) is 6.05. The lowest BCUT2D eigenvalue weighted by atomic mass is 9.73. The van der Waals surface area contributed by atoms with Crippen molar-refractivity contribution < 1.29 is 13.5 Å². The molecule has 4 aromatic rings. The van der Waals surface area contributed by atoms with Crippen LogP contribution in [0.2, 0.25) is 0 Å². The molecular weight excluding hydrogens is 472 g/mol. The summed E-state index contributed by atoms with van der Waals surface area (Å²) >= 11 is 0. The van der Waals surface area contributed by atoms with Gasteiger partial charge in [-0.05, 0) is 49.4 Å². The number of rotatable bonds is 5. The number of hydrogen-bond donors (Lipinski definition) is 2. The van der Waals surface area contributed by atoms with Crippen LogP contribution in [0.15, 0.2) is 83.4 Å². The lowest BCUT2D eigenvalue weighted by molar-refractivity contribution is -0.0443. The molecule has 2 aromatic carbocycles. The fraction of sp³-hybridized carbons (Fsp3) is 0.286. The maximum absolute atomic E-state index is 14.0. The van der Waals surface area contributed by atoms with E-state index in [1.54, 1.807) is 30.5 Å². The van der Waals surface area contributed by atoms with Gasteiger partial charge in [0, 0.05) is 35.1 Å². The summed E-state index contributed by atoms with van der Waals surface area (Å²) < 4.78 is 28.0. The monoisotopic (exact) mass is 500 g/mol. The van der Waals surface area contributed by atoms with Crippen LogP contribution in [-0.4, -0.2) is 47.5 Å². The van der Waals surface area contributed by atoms with Crippen LogP contribution < -0.4 is 5.73 Å². The van der Waals surface area contributed by atoms with Crippen LogP contribution in [0.1, 0.15) is 24.5 Å². The van der Waals surface area contributed by atoms with Gasteiger partial charge >= 0.3 is 0 Å². The summed E-state index contributed by atoms with van der Waals surface area (Å²) in [6, 6.07) is 15.7. The zero-order valence-electron chi connectivity index (χ0n) is 19.8. The number of anilines is 1. The normalized spacial score (nSPS) is 24.7. The summed E-state index contributed by atoms with van der Waals surface area (Å²) in [7, 11) is -4.13. The first-order chi connectivity index (χ1) is 17.4. The van der Waals surface area contributed by atoms with Crippen molar-refractivity contribution in [3.05, 3.63) is 79.0 Å². The highest BCUT2D eigenvalue weighted by Crippen LogP contribution is 2.44. The number of aliphatic hydroxyl groups is 1. The summed E-state index contributed by atoms with van der Waals surface area (Å²) in [6.45, 7) is 5.72. The molecule has 0 aliphatic carbocycles. The number of sulfone groups is 1. The van der Waals surface area contributed by atoms with E-state index in [1.165, 1.54) is 6.07 Å². The number of aromatic nitrogens is 2. The van der Waals surface area contributed by atoms with E-state index in [9.17, 15) is 13.5 Å². The lowest BCUT2D eigenvalue weighted by Gasteiger charge is -2.50. The average molecular weight is 501 g/mol. The van der Waals surface area contributed by atoms with Gasteiger partial charge in [0.05, 0.1) is 27.7 Å². The minimum Gasteiger partial charge on any atom is -0.396 e. The number of nitrogen functional groups attached to an aromatic ring is 1. The summed E-state index contributed by atoms with van der Waals surface area (Å²) in [5.41, 5.74) is 7.89. The smallest absolute Gasteiger partial charge is 0.228 e. The van der Waals surface area contributed by atoms with Gasteiger partial charge in [0.15, 0.2) is 5.03 Å². The maximum Gasteiger partial charge on any atom is 0.228 e. The number of pyridine rings is 2. The minimum atomic E-state index is -4.13. The first kappa shape index (κ1) is 23.1. The van der Waals surface area contributed by atoms with E-state index in [4.69, 9.17) is 5.73 Å². The third-order valence-corrected chi connectivity index (χ3v) is 9.62. The molecule has 2 aromatic heterocycles. The van der Waals surface area contributed by atoms with E-state index in [0.29, 0.717) is 39.2 Å². The van der Waals surface area contributed by atoms with Gasteiger partial charge in [0.25, 0.3) is 0 Å².